The topological polar surface area (TPSA) is 46.5 Å². The van der Waals surface area contributed by atoms with Gasteiger partial charge < -0.3 is 9.84 Å². The Bertz CT molecular complexity index is 639. The molecule has 2 aromatic carbocycles. The zero-order valence-corrected chi connectivity index (χ0v) is 11.5. The fraction of sp³-hybridized carbons (Fsp3) is 0.0714. The van der Waals surface area contributed by atoms with Crippen LogP contribution in [0.15, 0.2) is 36.4 Å². The highest BCUT2D eigenvalue weighted by molar-refractivity contribution is 6.34. The maximum absolute atomic E-state index is 10.9. The van der Waals surface area contributed by atoms with Gasteiger partial charge >= 0.3 is 5.97 Å². The Morgan fingerprint density at radius 1 is 1.16 bits per heavy atom. The number of aromatic carboxylic acids is 1. The lowest BCUT2D eigenvalue weighted by molar-refractivity contribution is 0.0697. The van der Waals surface area contributed by atoms with E-state index in [9.17, 15) is 4.79 Å². The molecule has 1 N–H and O–H groups in total. The summed E-state index contributed by atoms with van der Waals surface area (Å²) in [4.78, 5) is 10.9. The number of ether oxygens (including phenoxy) is 1. The van der Waals surface area contributed by atoms with Crippen molar-refractivity contribution in [1.29, 1.82) is 0 Å². The highest BCUT2D eigenvalue weighted by Gasteiger charge is 2.12. The van der Waals surface area contributed by atoms with Crippen LogP contribution in [0.25, 0.3) is 11.1 Å². The summed E-state index contributed by atoms with van der Waals surface area (Å²) in [6.45, 7) is 0. The minimum atomic E-state index is -1.06. The first-order chi connectivity index (χ1) is 9.02. The zero-order chi connectivity index (χ0) is 14.0. The molecule has 0 fully saturated rings. The summed E-state index contributed by atoms with van der Waals surface area (Å²) in [6, 6.07) is 9.92. The van der Waals surface area contributed by atoms with E-state index in [1.807, 2.05) is 0 Å². The highest BCUT2D eigenvalue weighted by atomic mass is 35.5. The van der Waals surface area contributed by atoms with E-state index in [-0.39, 0.29) is 10.6 Å². The van der Waals surface area contributed by atoms with Gasteiger partial charge in [-0.25, -0.2) is 4.79 Å². The molecule has 0 aromatic heterocycles. The average molecular weight is 297 g/mol. The van der Waals surface area contributed by atoms with Crippen molar-refractivity contribution in [3.63, 3.8) is 0 Å². The normalized spacial score (nSPS) is 10.3. The molecule has 3 nitrogen and oxygen atoms in total. The van der Waals surface area contributed by atoms with Gasteiger partial charge in [0.05, 0.1) is 17.7 Å². The molecule has 0 atom stereocenters. The van der Waals surface area contributed by atoms with E-state index in [2.05, 4.69) is 0 Å². The Morgan fingerprint density at radius 2 is 1.89 bits per heavy atom. The number of carboxylic acids is 1. The predicted octanol–water partition coefficient (Wildman–Crippen LogP) is 4.37. The minimum Gasteiger partial charge on any atom is -0.496 e. The summed E-state index contributed by atoms with van der Waals surface area (Å²) in [5.74, 6) is -0.418. The largest absolute Gasteiger partial charge is 0.496 e. The van der Waals surface area contributed by atoms with Crippen molar-refractivity contribution >= 4 is 29.2 Å². The smallest absolute Gasteiger partial charge is 0.337 e. The van der Waals surface area contributed by atoms with E-state index in [1.54, 1.807) is 37.4 Å². The van der Waals surface area contributed by atoms with E-state index in [0.717, 1.165) is 11.1 Å². The van der Waals surface area contributed by atoms with Crippen LogP contribution < -0.4 is 4.74 Å². The Kier molecular flexibility index (Phi) is 3.98. The Morgan fingerprint density at radius 3 is 2.47 bits per heavy atom. The highest BCUT2D eigenvalue weighted by Crippen LogP contribution is 2.34. The summed E-state index contributed by atoms with van der Waals surface area (Å²) < 4.78 is 5.25. The van der Waals surface area contributed by atoms with Gasteiger partial charge in [-0.2, -0.15) is 0 Å². The van der Waals surface area contributed by atoms with Crippen LogP contribution in [0.2, 0.25) is 10.0 Å². The Labute approximate surface area is 120 Å². The standard InChI is InChI=1S/C14H10Cl2O3/c1-19-13-5-3-9(15)7-11(13)8-2-4-10(14(17)18)12(16)6-8/h2-7H,1H3,(H,17,18). The first-order valence-corrected chi connectivity index (χ1v) is 6.15. The maximum atomic E-state index is 10.9. The maximum Gasteiger partial charge on any atom is 0.337 e. The van der Waals surface area contributed by atoms with Crippen LogP contribution in [0.4, 0.5) is 0 Å². The molecular formula is C14H10Cl2O3. The first-order valence-electron chi connectivity index (χ1n) is 5.39. The second kappa shape index (κ2) is 5.51. The predicted molar refractivity (Wildman–Crippen MR) is 75.4 cm³/mol. The molecule has 5 heteroatoms. The quantitative estimate of drug-likeness (QED) is 0.915. The van der Waals surface area contributed by atoms with Crippen LogP contribution in [0.3, 0.4) is 0 Å². The third kappa shape index (κ3) is 2.83. The molecule has 19 heavy (non-hydrogen) atoms. The molecule has 2 rings (SSSR count). The molecule has 0 aliphatic heterocycles. The van der Waals surface area contributed by atoms with Crippen molar-refractivity contribution in [2.45, 2.75) is 0 Å². The van der Waals surface area contributed by atoms with Crippen LogP contribution >= 0.6 is 23.2 Å². The molecule has 0 amide bonds. The van der Waals surface area contributed by atoms with Crippen molar-refractivity contribution in [3.8, 4) is 16.9 Å². The summed E-state index contributed by atoms with van der Waals surface area (Å²) in [5, 5.41) is 9.68. The van der Waals surface area contributed by atoms with Crippen molar-refractivity contribution in [1.82, 2.24) is 0 Å². The minimum absolute atomic E-state index is 0.0615. The second-order valence-electron chi connectivity index (χ2n) is 3.84. The summed E-state index contributed by atoms with van der Waals surface area (Å²) in [6.07, 6.45) is 0. The monoisotopic (exact) mass is 296 g/mol. The summed E-state index contributed by atoms with van der Waals surface area (Å²) in [5.41, 5.74) is 1.56. The molecule has 0 aliphatic rings. The second-order valence-corrected chi connectivity index (χ2v) is 4.69. The number of hydrogen-bond donors (Lipinski definition) is 1. The number of halogens is 2. The fourth-order valence-corrected chi connectivity index (χ4v) is 2.20. The van der Waals surface area contributed by atoms with Gasteiger partial charge in [-0.1, -0.05) is 29.3 Å². The lowest BCUT2D eigenvalue weighted by Crippen LogP contribution is -1.97. The lowest BCUT2D eigenvalue weighted by Gasteiger charge is -2.10. The Hall–Kier alpha value is -1.71. The van der Waals surface area contributed by atoms with Crippen LogP contribution in [0.1, 0.15) is 10.4 Å². The van der Waals surface area contributed by atoms with Crippen molar-refractivity contribution in [3.05, 3.63) is 52.0 Å². The van der Waals surface area contributed by atoms with Crippen LogP contribution in [0, 0.1) is 0 Å². The van der Waals surface area contributed by atoms with Gasteiger partial charge in [-0.15, -0.1) is 0 Å². The van der Waals surface area contributed by atoms with E-state index in [1.165, 1.54) is 6.07 Å². The Balaban J connectivity index is 2.56. The molecule has 98 valence electrons. The average Bonchev–Trinajstić information content (AvgIpc) is 2.38. The zero-order valence-electron chi connectivity index (χ0n) is 9.98. The van der Waals surface area contributed by atoms with Gasteiger partial charge in [-0.05, 0) is 35.9 Å². The van der Waals surface area contributed by atoms with Gasteiger partial charge in [0, 0.05) is 10.6 Å². The molecule has 0 bridgehead atoms. The lowest BCUT2D eigenvalue weighted by atomic mass is 10.0. The van der Waals surface area contributed by atoms with Gasteiger partial charge in [0.15, 0.2) is 0 Å². The molecule has 0 radical (unpaired) electrons. The first kappa shape index (κ1) is 13.7. The third-order valence-electron chi connectivity index (χ3n) is 2.67. The van der Waals surface area contributed by atoms with Crippen LogP contribution in [-0.4, -0.2) is 18.2 Å². The van der Waals surface area contributed by atoms with Gasteiger partial charge in [0.1, 0.15) is 5.75 Å². The number of methoxy groups -OCH3 is 1. The molecule has 2 aromatic rings. The molecule has 0 saturated carbocycles. The third-order valence-corrected chi connectivity index (χ3v) is 3.22. The van der Waals surface area contributed by atoms with Crippen molar-refractivity contribution < 1.29 is 14.6 Å². The number of benzene rings is 2. The van der Waals surface area contributed by atoms with E-state index in [0.29, 0.717) is 10.8 Å². The van der Waals surface area contributed by atoms with Gasteiger partial charge in [0.25, 0.3) is 0 Å². The SMILES string of the molecule is COc1ccc(Cl)cc1-c1ccc(C(=O)O)c(Cl)c1. The van der Waals surface area contributed by atoms with Gasteiger partial charge in [0.2, 0.25) is 0 Å². The molecule has 0 heterocycles. The molecule has 0 aliphatic carbocycles. The van der Waals surface area contributed by atoms with Crippen LogP contribution in [0.5, 0.6) is 5.75 Å². The molecule has 0 saturated heterocycles. The number of hydrogen-bond acceptors (Lipinski definition) is 2. The summed E-state index contributed by atoms with van der Waals surface area (Å²) >= 11 is 11.9. The molecular weight excluding hydrogens is 287 g/mol. The van der Waals surface area contributed by atoms with Crippen LogP contribution in [-0.2, 0) is 0 Å². The van der Waals surface area contributed by atoms with E-state index in [4.69, 9.17) is 33.0 Å². The molecule has 0 unspecified atom stereocenters. The fourth-order valence-electron chi connectivity index (χ4n) is 1.76. The van der Waals surface area contributed by atoms with Gasteiger partial charge in [-0.3, -0.25) is 0 Å². The van der Waals surface area contributed by atoms with E-state index >= 15 is 0 Å². The number of rotatable bonds is 3. The van der Waals surface area contributed by atoms with E-state index < -0.39 is 5.97 Å². The van der Waals surface area contributed by atoms with Crippen molar-refractivity contribution in [2.75, 3.05) is 7.11 Å². The number of carbonyl (C=O) groups is 1. The number of carboxylic acid groups (broad SMARTS) is 1. The van der Waals surface area contributed by atoms with Crippen molar-refractivity contribution in [2.24, 2.45) is 0 Å². The molecule has 0 spiro atoms. The summed E-state index contributed by atoms with van der Waals surface area (Å²) in [7, 11) is 1.56.